The smallest absolute Gasteiger partial charge is 0.282 e. The Morgan fingerprint density at radius 2 is 2.23 bits per heavy atom. The molecular weight excluding hydrogens is 337 g/mol. The van der Waals surface area contributed by atoms with Crippen LogP contribution in [0.1, 0.15) is 18.4 Å². The van der Waals surface area contributed by atoms with Crippen molar-refractivity contribution in [1.29, 1.82) is 0 Å². The van der Waals surface area contributed by atoms with E-state index in [2.05, 4.69) is 32.3 Å². The molecule has 1 saturated heterocycles. The second-order valence-corrected chi connectivity index (χ2v) is 6.39. The molecule has 0 bridgehead atoms. The Labute approximate surface area is 151 Å². The summed E-state index contributed by atoms with van der Waals surface area (Å²) in [5, 5.41) is 10.5. The summed E-state index contributed by atoms with van der Waals surface area (Å²) in [4.78, 5) is 22.1. The molecule has 8 nitrogen and oxygen atoms in total. The number of aryl methyl sites for hydroxylation is 2. The van der Waals surface area contributed by atoms with Crippen LogP contribution in [0.5, 0.6) is 0 Å². The van der Waals surface area contributed by atoms with Crippen LogP contribution in [-0.4, -0.2) is 49.7 Å². The summed E-state index contributed by atoms with van der Waals surface area (Å²) < 4.78 is 14.8. The van der Waals surface area contributed by atoms with E-state index in [-0.39, 0.29) is 6.04 Å². The molecule has 2 aromatic heterocycles. The maximum atomic E-state index is 13.1. The normalized spacial score (nSPS) is 17.0. The topological polar surface area (TPSA) is 88.0 Å². The molecule has 3 heterocycles. The predicted molar refractivity (Wildman–Crippen MR) is 96.7 cm³/mol. The zero-order valence-corrected chi connectivity index (χ0v) is 14.9. The zero-order valence-electron chi connectivity index (χ0n) is 14.9. The van der Waals surface area contributed by atoms with Crippen LogP contribution in [0, 0.1) is 6.92 Å². The number of piperidine rings is 1. The fraction of sp³-hybridized carbons (Fsp3) is 0.412. The largest absolute Gasteiger partial charge is 0.365 e. The molecule has 1 amide bonds. The maximum Gasteiger partial charge on any atom is 0.282 e. The van der Waals surface area contributed by atoms with Gasteiger partial charge in [-0.25, -0.2) is 9.37 Å². The summed E-state index contributed by atoms with van der Waals surface area (Å²) in [7, 11) is 1.83. The van der Waals surface area contributed by atoms with E-state index in [0.717, 1.165) is 24.1 Å². The molecule has 138 valence electrons. The van der Waals surface area contributed by atoms with Crippen LogP contribution in [0.25, 0.3) is 0 Å². The van der Waals surface area contributed by atoms with E-state index in [1.54, 1.807) is 17.1 Å². The number of nitrogens with zero attached hydrogens (tertiary/aromatic N) is 5. The van der Waals surface area contributed by atoms with Crippen LogP contribution >= 0.6 is 0 Å². The lowest BCUT2D eigenvalue weighted by Gasteiger charge is -2.33. The number of hydrogen-bond donors (Lipinski definition) is 2. The van der Waals surface area contributed by atoms with Crippen molar-refractivity contribution < 1.29 is 9.18 Å². The molecule has 26 heavy (non-hydrogen) atoms. The quantitative estimate of drug-likeness (QED) is 0.796. The minimum atomic E-state index is -0.924. The van der Waals surface area contributed by atoms with Gasteiger partial charge in [0.2, 0.25) is 5.95 Å². The van der Waals surface area contributed by atoms with Crippen LogP contribution in [0.15, 0.2) is 31.0 Å². The molecule has 3 rings (SSSR count). The number of nitrogens with one attached hydrogen (secondary N) is 2. The first-order chi connectivity index (χ1) is 12.4. The lowest BCUT2D eigenvalue weighted by Crippen LogP contribution is -2.45. The molecule has 1 aliphatic rings. The van der Waals surface area contributed by atoms with Crippen molar-refractivity contribution in [1.82, 2.24) is 24.6 Å². The summed E-state index contributed by atoms with van der Waals surface area (Å²) in [5.74, 6) is -0.432. The number of carbonyl (C=O) groups excluding carboxylic acids is 1. The highest BCUT2D eigenvalue weighted by atomic mass is 19.1. The highest BCUT2D eigenvalue weighted by Gasteiger charge is 2.25. The number of halogens is 1. The number of rotatable bonds is 5. The van der Waals surface area contributed by atoms with Crippen LogP contribution in [0.2, 0.25) is 0 Å². The summed E-state index contributed by atoms with van der Waals surface area (Å²) >= 11 is 0. The van der Waals surface area contributed by atoms with Crippen LogP contribution in [0.3, 0.4) is 0 Å². The number of aromatic nitrogens is 4. The van der Waals surface area contributed by atoms with Crippen molar-refractivity contribution in [2.24, 2.45) is 7.05 Å². The van der Waals surface area contributed by atoms with Gasteiger partial charge in [-0.1, -0.05) is 6.58 Å². The summed E-state index contributed by atoms with van der Waals surface area (Å²) in [6.45, 7) is 5.95. The molecule has 0 saturated carbocycles. The highest BCUT2D eigenvalue weighted by molar-refractivity contribution is 5.90. The van der Waals surface area contributed by atoms with E-state index in [4.69, 9.17) is 0 Å². The minimum absolute atomic E-state index is 0.00751. The summed E-state index contributed by atoms with van der Waals surface area (Å²) in [6.07, 6.45) is 6.90. The van der Waals surface area contributed by atoms with E-state index in [0.29, 0.717) is 24.9 Å². The lowest BCUT2D eigenvalue weighted by molar-refractivity contribution is -0.129. The van der Waals surface area contributed by atoms with Gasteiger partial charge >= 0.3 is 0 Å². The standard InChI is InChI=1S/C17H22FN7O/c1-11-7-19-17(22-14-8-20-24(3)9-14)23-15(11)21-13-5-4-6-25(10-13)16(26)12(2)18/h7-9,13H,2,4-6,10H2,1,3H3,(H2,19,21,22,23). The molecule has 0 aromatic carbocycles. The minimum Gasteiger partial charge on any atom is -0.365 e. The molecule has 1 fully saturated rings. The zero-order chi connectivity index (χ0) is 18.7. The second-order valence-electron chi connectivity index (χ2n) is 6.39. The molecular formula is C17H22FN7O. The van der Waals surface area contributed by atoms with Gasteiger partial charge in [0.25, 0.3) is 5.91 Å². The van der Waals surface area contributed by atoms with E-state index in [1.165, 1.54) is 4.90 Å². The Bertz CT molecular complexity index is 819. The molecule has 0 radical (unpaired) electrons. The third-order valence-electron chi connectivity index (χ3n) is 4.21. The Morgan fingerprint density at radius 3 is 2.92 bits per heavy atom. The molecule has 2 N–H and O–H groups in total. The van der Waals surface area contributed by atoms with Gasteiger partial charge in [0.15, 0.2) is 5.83 Å². The Morgan fingerprint density at radius 1 is 1.42 bits per heavy atom. The van der Waals surface area contributed by atoms with Gasteiger partial charge in [-0.2, -0.15) is 10.1 Å². The first-order valence-corrected chi connectivity index (χ1v) is 8.42. The third-order valence-corrected chi connectivity index (χ3v) is 4.21. The van der Waals surface area contributed by atoms with E-state index < -0.39 is 11.7 Å². The molecule has 0 aliphatic carbocycles. The van der Waals surface area contributed by atoms with Crippen molar-refractivity contribution >= 4 is 23.4 Å². The summed E-state index contributed by atoms with van der Waals surface area (Å²) in [6, 6.07) is -0.00751. The van der Waals surface area contributed by atoms with Crippen LogP contribution in [0.4, 0.5) is 21.8 Å². The van der Waals surface area contributed by atoms with Gasteiger partial charge in [-0.3, -0.25) is 9.48 Å². The average Bonchev–Trinajstić information content (AvgIpc) is 3.02. The lowest BCUT2D eigenvalue weighted by atomic mass is 10.1. The fourth-order valence-electron chi connectivity index (χ4n) is 2.91. The third kappa shape index (κ3) is 4.16. The monoisotopic (exact) mass is 359 g/mol. The number of hydrogen-bond acceptors (Lipinski definition) is 6. The van der Waals surface area contributed by atoms with Crippen molar-refractivity contribution in [3.8, 4) is 0 Å². The second kappa shape index (κ2) is 7.51. The van der Waals surface area contributed by atoms with Gasteiger partial charge in [-0.05, 0) is 19.8 Å². The number of likely N-dealkylation sites (tertiary alicyclic amines) is 1. The van der Waals surface area contributed by atoms with Gasteiger partial charge in [0.1, 0.15) is 5.82 Å². The molecule has 1 aliphatic heterocycles. The summed E-state index contributed by atoms with van der Waals surface area (Å²) in [5.41, 5.74) is 1.68. The maximum absolute atomic E-state index is 13.1. The van der Waals surface area contributed by atoms with Crippen molar-refractivity contribution in [2.75, 3.05) is 23.7 Å². The van der Waals surface area contributed by atoms with Crippen molar-refractivity contribution in [2.45, 2.75) is 25.8 Å². The van der Waals surface area contributed by atoms with E-state index in [9.17, 15) is 9.18 Å². The molecule has 1 unspecified atom stereocenters. The fourth-order valence-corrected chi connectivity index (χ4v) is 2.91. The molecule has 0 spiro atoms. The van der Waals surface area contributed by atoms with Crippen molar-refractivity contribution in [3.63, 3.8) is 0 Å². The Kier molecular flexibility index (Phi) is 5.15. The highest BCUT2D eigenvalue weighted by Crippen LogP contribution is 2.20. The molecule has 1 atom stereocenters. The van der Waals surface area contributed by atoms with E-state index in [1.807, 2.05) is 20.2 Å². The van der Waals surface area contributed by atoms with Gasteiger partial charge < -0.3 is 15.5 Å². The van der Waals surface area contributed by atoms with Gasteiger partial charge in [0, 0.05) is 44.1 Å². The number of anilines is 3. The predicted octanol–water partition coefficient (Wildman–Crippen LogP) is 2.15. The first kappa shape index (κ1) is 17.8. The Hall–Kier alpha value is -2.97. The van der Waals surface area contributed by atoms with Crippen molar-refractivity contribution in [3.05, 3.63) is 36.6 Å². The van der Waals surface area contributed by atoms with E-state index >= 15 is 0 Å². The molecule has 2 aromatic rings. The van der Waals surface area contributed by atoms with Crippen LogP contribution in [-0.2, 0) is 11.8 Å². The SMILES string of the molecule is C=C(F)C(=O)N1CCCC(Nc2nc(Nc3cnn(C)c3)ncc2C)C1. The number of amides is 1. The van der Waals surface area contributed by atoms with Gasteiger partial charge in [0.05, 0.1) is 11.9 Å². The molecule has 9 heteroatoms. The van der Waals surface area contributed by atoms with Gasteiger partial charge in [-0.15, -0.1) is 0 Å². The van der Waals surface area contributed by atoms with Crippen LogP contribution < -0.4 is 10.6 Å². The first-order valence-electron chi connectivity index (χ1n) is 8.42. The Balaban J connectivity index is 1.69. The average molecular weight is 359 g/mol. The number of carbonyl (C=O) groups is 1.